The molecule has 0 fully saturated rings. The molecule has 0 bridgehead atoms. The Morgan fingerprint density at radius 3 is 2.60 bits per heavy atom. The number of rotatable bonds is 5. The van der Waals surface area contributed by atoms with Crippen molar-refractivity contribution in [3.05, 3.63) is 28.2 Å². The molecule has 4 N–H and O–H groups in total. The Morgan fingerprint density at radius 2 is 2.10 bits per heavy atom. The lowest BCUT2D eigenvalue weighted by atomic mass is 10.2. The molecule has 9 heteroatoms. The highest BCUT2D eigenvalue weighted by molar-refractivity contribution is 9.10. The van der Waals surface area contributed by atoms with Crippen molar-refractivity contribution in [2.24, 2.45) is 10.9 Å². The molecule has 1 aromatic rings. The number of hydrogen-bond donors (Lipinski definition) is 3. The van der Waals surface area contributed by atoms with E-state index in [1.165, 1.54) is 11.4 Å². The summed E-state index contributed by atoms with van der Waals surface area (Å²) >= 11 is 3.25. The second-order valence-corrected chi connectivity index (χ2v) is 7.04. The van der Waals surface area contributed by atoms with Gasteiger partial charge in [-0.05, 0) is 32.0 Å². The van der Waals surface area contributed by atoms with Gasteiger partial charge in [-0.25, -0.2) is 0 Å². The Hall–Kier alpha value is -1.32. The minimum Gasteiger partial charge on any atom is -0.409 e. The number of nitrogens with zero attached hydrogens (tertiary/aromatic N) is 2. The Balaban J connectivity index is 3.24. The Bertz CT molecular complexity index is 616. The zero-order valence-corrected chi connectivity index (χ0v) is 13.7. The zero-order valence-electron chi connectivity index (χ0n) is 11.3. The normalized spacial score (nSPS) is 13.0. The van der Waals surface area contributed by atoms with Crippen LogP contribution in [0.2, 0.25) is 0 Å². The molecule has 0 aromatic heterocycles. The smallest absolute Gasteiger partial charge is 0.301 e. The van der Waals surface area contributed by atoms with Crippen molar-refractivity contribution in [2.75, 3.05) is 11.8 Å². The van der Waals surface area contributed by atoms with Gasteiger partial charge in [0, 0.05) is 23.1 Å². The maximum Gasteiger partial charge on any atom is 0.301 e. The van der Waals surface area contributed by atoms with Crippen LogP contribution in [0.25, 0.3) is 0 Å². The van der Waals surface area contributed by atoms with Gasteiger partial charge in [-0.1, -0.05) is 21.1 Å². The van der Waals surface area contributed by atoms with E-state index in [0.29, 0.717) is 4.47 Å². The van der Waals surface area contributed by atoms with Crippen molar-refractivity contribution in [1.82, 2.24) is 4.31 Å². The average Bonchev–Trinajstić information content (AvgIpc) is 2.36. The number of oxime groups is 1. The molecule has 0 saturated carbocycles. The predicted molar refractivity (Wildman–Crippen MR) is 82.1 cm³/mol. The number of amidine groups is 1. The highest BCUT2D eigenvalue weighted by Gasteiger charge is 2.22. The maximum atomic E-state index is 12.2. The molecule has 7 nitrogen and oxygen atoms in total. The third kappa shape index (κ3) is 3.84. The summed E-state index contributed by atoms with van der Waals surface area (Å²) in [6.07, 6.45) is 0. The van der Waals surface area contributed by atoms with E-state index >= 15 is 0 Å². The summed E-state index contributed by atoms with van der Waals surface area (Å²) < 4.78 is 28.6. The molecular weight excluding hydrogens is 348 g/mol. The Labute approximate surface area is 126 Å². The fourth-order valence-electron chi connectivity index (χ4n) is 1.37. The molecule has 20 heavy (non-hydrogen) atoms. The standard InChI is InChI=1S/C11H17BrN4O3S/c1-7(2)16(3)20(18,19)15-10-6-8(12)4-5-9(10)11(13)14-17/h4-7,15,17H,1-3H3,(H2,13,14). The average molecular weight is 365 g/mol. The van der Waals surface area contributed by atoms with E-state index in [1.807, 2.05) is 0 Å². The van der Waals surface area contributed by atoms with Gasteiger partial charge in [0.05, 0.1) is 5.69 Å². The van der Waals surface area contributed by atoms with Gasteiger partial charge < -0.3 is 10.9 Å². The van der Waals surface area contributed by atoms with Crippen molar-refractivity contribution in [3.8, 4) is 0 Å². The minimum atomic E-state index is -3.72. The van der Waals surface area contributed by atoms with Gasteiger partial charge in [0.1, 0.15) is 0 Å². The van der Waals surface area contributed by atoms with Crippen molar-refractivity contribution in [2.45, 2.75) is 19.9 Å². The SMILES string of the molecule is CC(C)N(C)S(=O)(=O)Nc1cc(Br)ccc1/C(N)=N/O. The van der Waals surface area contributed by atoms with E-state index in [1.54, 1.807) is 32.0 Å². The summed E-state index contributed by atoms with van der Waals surface area (Å²) in [5.41, 5.74) is 6.05. The van der Waals surface area contributed by atoms with Crippen LogP contribution in [0.5, 0.6) is 0 Å². The molecular formula is C11H17BrN4O3S. The molecule has 0 amide bonds. The van der Waals surface area contributed by atoms with Gasteiger partial charge in [0.2, 0.25) is 0 Å². The topological polar surface area (TPSA) is 108 Å². The van der Waals surface area contributed by atoms with E-state index in [0.717, 1.165) is 0 Å². The number of nitrogens with one attached hydrogen (secondary N) is 1. The van der Waals surface area contributed by atoms with Gasteiger partial charge in [0.25, 0.3) is 0 Å². The van der Waals surface area contributed by atoms with Crippen LogP contribution in [0.3, 0.4) is 0 Å². The molecule has 0 heterocycles. The lowest BCUT2D eigenvalue weighted by molar-refractivity contribution is 0.318. The highest BCUT2D eigenvalue weighted by Crippen LogP contribution is 2.23. The number of hydrogen-bond acceptors (Lipinski definition) is 4. The van der Waals surface area contributed by atoms with Gasteiger partial charge >= 0.3 is 10.2 Å². The van der Waals surface area contributed by atoms with Gasteiger partial charge in [-0.3, -0.25) is 4.72 Å². The third-order valence-electron chi connectivity index (χ3n) is 2.71. The van der Waals surface area contributed by atoms with Crippen molar-refractivity contribution < 1.29 is 13.6 Å². The summed E-state index contributed by atoms with van der Waals surface area (Å²) in [6.45, 7) is 3.51. The van der Waals surface area contributed by atoms with Gasteiger partial charge in [-0.15, -0.1) is 0 Å². The van der Waals surface area contributed by atoms with Crippen molar-refractivity contribution in [1.29, 1.82) is 0 Å². The summed E-state index contributed by atoms with van der Waals surface area (Å²) in [7, 11) is -2.26. The first-order valence-electron chi connectivity index (χ1n) is 5.72. The van der Waals surface area contributed by atoms with Crippen LogP contribution in [0.1, 0.15) is 19.4 Å². The predicted octanol–water partition coefficient (Wildman–Crippen LogP) is 1.54. The minimum absolute atomic E-state index is 0.178. The summed E-state index contributed by atoms with van der Waals surface area (Å²) in [6, 6.07) is 4.55. The highest BCUT2D eigenvalue weighted by atomic mass is 79.9. The molecule has 0 spiro atoms. The zero-order chi connectivity index (χ0) is 15.5. The number of nitrogens with two attached hydrogens (primary N) is 1. The molecule has 112 valence electrons. The molecule has 0 unspecified atom stereocenters. The number of benzene rings is 1. The molecule has 1 rings (SSSR count). The van der Waals surface area contributed by atoms with E-state index in [-0.39, 0.29) is 23.1 Å². The van der Waals surface area contributed by atoms with E-state index in [9.17, 15) is 8.42 Å². The molecule has 0 aliphatic carbocycles. The summed E-state index contributed by atoms with van der Waals surface area (Å²) in [5, 5.41) is 11.6. The molecule has 0 saturated heterocycles. The van der Waals surface area contributed by atoms with E-state index in [2.05, 4.69) is 25.8 Å². The molecule has 1 aromatic carbocycles. The largest absolute Gasteiger partial charge is 0.409 e. The van der Waals surface area contributed by atoms with E-state index in [4.69, 9.17) is 10.9 Å². The first-order valence-corrected chi connectivity index (χ1v) is 7.95. The van der Waals surface area contributed by atoms with Crippen LogP contribution in [0, 0.1) is 0 Å². The molecule has 0 aliphatic rings. The van der Waals surface area contributed by atoms with Crippen LogP contribution >= 0.6 is 15.9 Å². The Morgan fingerprint density at radius 1 is 1.50 bits per heavy atom. The third-order valence-corrected chi connectivity index (χ3v) is 4.86. The molecule has 0 radical (unpaired) electrons. The van der Waals surface area contributed by atoms with Crippen molar-refractivity contribution in [3.63, 3.8) is 0 Å². The van der Waals surface area contributed by atoms with Crippen LogP contribution in [0.4, 0.5) is 5.69 Å². The number of halogens is 1. The van der Waals surface area contributed by atoms with Crippen molar-refractivity contribution >= 4 is 37.7 Å². The molecule has 0 atom stereocenters. The fourth-order valence-corrected chi connectivity index (χ4v) is 2.87. The van der Waals surface area contributed by atoms with Crippen LogP contribution in [-0.2, 0) is 10.2 Å². The summed E-state index contributed by atoms with van der Waals surface area (Å²) in [4.78, 5) is 0. The van der Waals surface area contributed by atoms with Crippen LogP contribution < -0.4 is 10.5 Å². The van der Waals surface area contributed by atoms with Crippen LogP contribution in [0.15, 0.2) is 27.8 Å². The molecule has 0 aliphatic heterocycles. The van der Waals surface area contributed by atoms with E-state index < -0.39 is 10.2 Å². The van der Waals surface area contributed by atoms with Gasteiger partial charge in [-0.2, -0.15) is 12.7 Å². The Kier molecular flexibility index (Phi) is 5.37. The van der Waals surface area contributed by atoms with Gasteiger partial charge in [0.15, 0.2) is 5.84 Å². The summed E-state index contributed by atoms with van der Waals surface area (Å²) in [5.74, 6) is -0.178. The second-order valence-electron chi connectivity index (χ2n) is 4.39. The maximum absolute atomic E-state index is 12.2. The number of anilines is 1. The first-order chi connectivity index (χ1) is 9.19. The fraction of sp³-hybridized carbons (Fsp3) is 0.364. The lowest BCUT2D eigenvalue weighted by Gasteiger charge is -2.22. The lowest BCUT2D eigenvalue weighted by Crippen LogP contribution is -2.37. The van der Waals surface area contributed by atoms with Crippen LogP contribution in [-0.4, -0.2) is 36.9 Å². The first kappa shape index (κ1) is 16.7. The second kappa shape index (κ2) is 6.42. The quantitative estimate of drug-likeness (QED) is 0.318. The monoisotopic (exact) mass is 364 g/mol.